The van der Waals surface area contributed by atoms with E-state index in [0.29, 0.717) is 5.56 Å². The highest BCUT2D eigenvalue weighted by Crippen LogP contribution is 2.17. The molecule has 0 fully saturated rings. The molecule has 0 bridgehead atoms. The number of methoxy groups -OCH3 is 1. The Bertz CT molecular complexity index is 667. The molecule has 0 heterocycles. The molecule has 0 unspecified atom stereocenters. The molecule has 21 heavy (non-hydrogen) atoms. The lowest BCUT2D eigenvalue weighted by molar-refractivity contribution is -0.110. The van der Waals surface area contributed by atoms with Crippen LogP contribution in [0.15, 0.2) is 60.7 Å². The Kier molecular flexibility index (Phi) is 4.94. The first-order valence-electron chi connectivity index (χ1n) is 6.51. The van der Waals surface area contributed by atoms with E-state index in [1.54, 1.807) is 43.5 Å². The van der Waals surface area contributed by atoms with E-state index in [-0.39, 0.29) is 11.5 Å². The normalized spacial score (nSPS) is 11.1. The zero-order valence-electron chi connectivity index (χ0n) is 11.7. The minimum absolute atomic E-state index is 0.144. The minimum Gasteiger partial charge on any atom is -0.507 e. The number of phenols is 1. The molecular formula is C18H16O3. The summed E-state index contributed by atoms with van der Waals surface area (Å²) in [5.41, 5.74) is 1.53. The van der Waals surface area contributed by atoms with Crippen LogP contribution < -0.4 is 4.74 Å². The maximum atomic E-state index is 11.7. The number of carbonyl (C=O) groups is 1. The quantitative estimate of drug-likeness (QED) is 0.849. The number of para-hydroxylation sites is 1. The molecule has 0 atom stereocenters. The van der Waals surface area contributed by atoms with Gasteiger partial charge in [0.05, 0.1) is 7.11 Å². The van der Waals surface area contributed by atoms with Gasteiger partial charge in [-0.15, -0.1) is 0 Å². The predicted octanol–water partition coefficient (Wildman–Crippen LogP) is 3.70. The van der Waals surface area contributed by atoms with Gasteiger partial charge in [-0.3, -0.25) is 4.79 Å². The number of allylic oxidation sites excluding steroid dienone is 2. The molecule has 3 nitrogen and oxygen atoms in total. The van der Waals surface area contributed by atoms with E-state index in [4.69, 9.17) is 4.74 Å². The Balaban J connectivity index is 2.00. The summed E-state index contributed by atoms with van der Waals surface area (Å²) in [6.45, 7) is 0. The fourth-order valence-electron chi connectivity index (χ4n) is 1.75. The van der Waals surface area contributed by atoms with Crippen LogP contribution >= 0.6 is 0 Å². The lowest BCUT2D eigenvalue weighted by Gasteiger charge is -1.98. The second-order valence-corrected chi connectivity index (χ2v) is 4.40. The summed E-state index contributed by atoms with van der Waals surface area (Å²) in [5, 5.41) is 9.59. The van der Waals surface area contributed by atoms with Gasteiger partial charge < -0.3 is 9.84 Å². The molecule has 106 valence electrons. The first kappa shape index (κ1) is 14.6. The lowest BCUT2D eigenvalue weighted by atomic mass is 10.1. The fraction of sp³-hybridized carbons (Fsp3) is 0.0556. The fourth-order valence-corrected chi connectivity index (χ4v) is 1.75. The average Bonchev–Trinajstić information content (AvgIpc) is 2.52. The molecule has 0 aliphatic rings. The van der Waals surface area contributed by atoms with Crippen molar-refractivity contribution in [2.24, 2.45) is 0 Å². The van der Waals surface area contributed by atoms with Gasteiger partial charge in [0.2, 0.25) is 0 Å². The second-order valence-electron chi connectivity index (χ2n) is 4.40. The highest BCUT2D eigenvalue weighted by Gasteiger charge is 1.96. The number of benzene rings is 2. The molecule has 0 aliphatic heterocycles. The van der Waals surface area contributed by atoms with Crippen molar-refractivity contribution in [2.45, 2.75) is 0 Å². The van der Waals surface area contributed by atoms with Crippen LogP contribution in [0.2, 0.25) is 0 Å². The molecule has 0 saturated carbocycles. The molecule has 2 aromatic carbocycles. The van der Waals surface area contributed by atoms with Gasteiger partial charge >= 0.3 is 0 Å². The van der Waals surface area contributed by atoms with E-state index < -0.39 is 0 Å². The van der Waals surface area contributed by atoms with Crippen molar-refractivity contribution in [3.05, 3.63) is 71.8 Å². The van der Waals surface area contributed by atoms with Crippen LogP contribution in [0.25, 0.3) is 12.2 Å². The van der Waals surface area contributed by atoms with Crippen molar-refractivity contribution in [3.63, 3.8) is 0 Å². The number of aromatic hydroxyl groups is 1. The van der Waals surface area contributed by atoms with E-state index in [1.807, 2.05) is 24.3 Å². The summed E-state index contributed by atoms with van der Waals surface area (Å²) in [4.78, 5) is 11.7. The van der Waals surface area contributed by atoms with Crippen LogP contribution in [-0.2, 0) is 4.79 Å². The largest absolute Gasteiger partial charge is 0.507 e. The highest BCUT2D eigenvalue weighted by atomic mass is 16.5. The van der Waals surface area contributed by atoms with Crippen LogP contribution in [0, 0.1) is 0 Å². The van der Waals surface area contributed by atoms with Crippen molar-refractivity contribution in [2.75, 3.05) is 7.11 Å². The molecule has 1 N–H and O–H groups in total. The molecule has 0 amide bonds. The zero-order chi connectivity index (χ0) is 15.1. The zero-order valence-corrected chi connectivity index (χ0v) is 11.7. The van der Waals surface area contributed by atoms with Gasteiger partial charge in [-0.05, 0) is 42.0 Å². The third kappa shape index (κ3) is 4.35. The molecule has 0 saturated heterocycles. The summed E-state index contributed by atoms with van der Waals surface area (Å²) >= 11 is 0. The van der Waals surface area contributed by atoms with Crippen molar-refractivity contribution in [1.29, 1.82) is 0 Å². The number of hydrogen-bond acceptors (Lipinski definition) is 3. The Morgan fingerprint density at radius 2 is 1.67 bits per heavy atom. The summed E-state index contributed by atoms with van der Waals surface area (Å²) < 4.78 is 5.07. The summed E-state index contributed by atoms with van der Waals surface area (Å²) in [5.74, 6) is 0.785. The monoisotopic (exact) mass is 280 g/mol. The Labute approximate surface area is 123 Å². The van der Waals surface area contributed by atoms with Crippen molar-refractivity contribution in [1.82, 2.24) is 0 Å². The van der Waals surface area contributed by atoms with E-state index in [0.717, 1.165) is 11.3 Å². The van der Waals surface area contributed by atoms with Crippen LogP contribution in [0.3, 0.4) is 0 Å². The number of hydrogen-bond donors (Lipinski definition) is 1. The maximum absolute atomic E-state index is 11.7. The molecule has 2 rings (SSSR count). The Morgan fingerprint density at radius 1 is 1.00 bits per heavy atom. The Hall–Kier alpha value is -2.81. The molecule has 0 aromatic heterocycles. The third-order valence-electron chi connectivity index (χ3n) is 2.92. The molecule has 0 radical (unpaired) electrons. The molecule has 0 spiro atoms. The van der Waals surface area contributed by atoms with Gasteiger partial charge in [-0.25, -0.2) is 0 Å². The highest BCUT2D eigenvalue weighted by molar-refractivity contribution is 6.04. The number of carbonyl (C=O) groups excluding carboxylic acids is 1. The second kappa shape index (κ2) is 7.10. The van der Waals surface area contributed by atoms with E-state index in [1.165, 1.54) is 12.2 Å². The van der Waals surface area contributed by atoms with Crippen molar-refractivity contribution >= 4 is 17.9 Å². The first-order chi connectivity index (χ1) is 10.2. The first-order valence-corrected chi connectivity index (χ1v) is 6.51. The summed E-state index contributed by atoms with van der Waals surface area (Å²) in [7, 11) is 1.61. The van der Waals surface area contributed by atoms with Crippen LogP contribution in [0.1, 0.15) is 11.1 Å². The number of ether oxygens (including phenoxy) is 1. The SMILES string of the molecule is COc1ccc(/C=C/C(=O)/C=C/c2ccccc2O)cc1. The Morgan fingerprint density at radius 3 is 2.33 bits per heavy atom. The van der Waals surface area contributed by atoms with Crippen molar-refractivity contribution in [3.8, 4) is 11.5 Å². The predicted molar refractivity (Wildman–Crippen MR) is 84.2 cm³/mol. The molecule has 3 heteroatoms. The van der Waals surface area contributed by atoms with Crippen LogP contribution in [-0.4, -0.2) is 18.0 Å². The van der Waals surface area contributed by atoms with Gasteiger partial charge in [-0.2, -0.15) is 0 Å². The summed E-state index contributed by atoms with van der Waals surface area (Å²) in [6, 6.07) is 14.3. The third-order valence-corrected chi connectivity index (χ3v) is 2.92. The van der Waals surface area contributed by atoms with Gasteiger partial charge in [0, 0.05) is 5.56 Å². The maximum Gasteiger partial charge on any atom is 0.178 e. The van der Waals surface area contributed by atoms with E-state index in [9.17, 15) is 9.90 Å². The van der Waals surface area contributed by atoms with E-state index >= 15 is 0 Å². The lowest BCUT2D eigenvalue weighted by Crippen LogP contribution is -1.85. The van der Waals surface area contributed by atoms with Crippen LogP contribution in [0.5, 0.6) is 11.5 Å². The van der Waals surface area contributed by atoms with Gasteiger partial charge in [0.25, 0.3) is 0 Å². The van der Waals surface area contributed by atoms with Gasteiger partial charge in [0.1, 0.15) is 11.5 Å². The number of phenolic OH excluding ortho intramolecular Hbond substituents is 1. The van der Waals surface area contributed by atoms with E-state index in [2.05, 4.69) is 0 Å². The molecule has 0 aliphatic carbocycles. The standard InChI is InChI=1S/C18H16O3/c1-21-17-12-7-14(8-13-17)6-10-16(19)11-9-15-4-2-3-5-18(15)20/h2-13,20H,1H3/b10-6+,11-9+. The summed E-state index contributed by atoms with van der Waals surface area (Å²) in [6.07, 6.45) is 6.24. The molecular weight excluding hydrogens is 264 g/mol. The number of rotatable bonds is 5. The minimum atomic E-state index is -0.144. The smallest absolute Gasteiger partial charge is 0.178 e. The van der Waals surface area contributed by atoms with Crippen molar-refractivity contribution < 1.29 is 14.6 Å². The van der Waals surface area contributed by atoms with Gasteiger partial charge in [0.15, 0.2) is 5.78 Å². The average molecular weight is 280 g/mol. The van der Waals surface area contributed by atoms with Gasteiger partial charge in [-0.1, -0.05) is 36.4 Å². The van der Waals surface area contributed by atoms with Crippen LogP contribution in [0.4, 0.5) is 0 Å². The molecule has 2 aromatic rings. The topological polar surface area (TPSA) is 46.5 Å². The number of ketones is 1.